The zero-order valence-electron chi connectivity index (χ0n) is 9.61. The summed E-state index contributed by atoms with van der Waals surface area (Å²) >= 11 is 3.21. The monoisotopic (exact) mass is 308 g/mol. The van der Waals surface area contributed by atoms with Crippen LogP contribution in [0.5, 0.6) is 11.5 Å². The van der Waals surface area contributed by atoms with Crippen molar-refractivity contribution < 1.29 is 13.9 Å². The van der Waals surface area contributed by atoms with Crippen LogP contribution < -0.4 is 4.74 Å². The van der Waals surface area contributed by atoms with Gasteiger partial charge in [0.1, 0.15) is 17.3 Å². The van der Waals surface area contributed by atoms with E-state index < -0.39 is 0 Å². The average Bonchev–Trinajstić information content (AvgIpc) is 2.34. The molecule has 0 amide bonds. The first-order chi connectivity index (χ1) is 8.60. The largest absolute Gasteiger partial charge is 0.455 e. The zero-order chi connectivity index (χ0) is 13.1. The molecule has 0 saturated heterocycles. The molecule has 0 fully saturated rings. The minimum absolute atomic E-state index is 0.353. The van der Waals surface area contributed by atoms with Gasteiger partial charge in [0.2, 0.25) is 0 Å². The third kappa shape index (κ3) is 2.76. The predicted molar refractivity (Wildman–Crippen MR) is 70.7 cm³/mol. The number of hydrogen-bond donors (Lipinski definition) is 0. The highest BCUT2D eigenvalue weighted by Gasteiger charge is 2.08. The zero-order valence-corrected chi connectivity index (χ0v) is 11.2. The number of benzene rings is 2. The molecule has 0 saturated carbocycles. The molecule has 0 bridgehead atoms. The Morgan fingerprint density at radius 1 is 1.17 bits per heavy atom. The fourth-order valence-corrected chi connectivity index (χ4v) is 1.96. The molecule has 2 aromatic rings. The van der Waals surface area contributed by atoms with Crippen LogP contribution in [0.15, 0.2) is 40.9 Å². The molecule has 2 rings (SSSR count). The Labute approximate surface area is 113 Å². The third-order valence-electron chi connectivity index (χ3n) is 2.41. The predicted octanol–water partition coefficient (Wildman–Crippen LogP) is 4.50. The third-order valence-corrected chi connectivity index (χ3v) is 3.03. The number of aryl methyl sites for hydroxylation is 1. The van der Waals surface area contributed by atoms with Crippen LogP contribution in [0.4, 0.5) is 4.39 Å². The molecule has 2 nitrogen and oxygen atoms in total. The normalized spacial score (nSPS) is 10.2. The van der Waals surface area contributed by atoms with Gasteiger partial charge in [-0.25, -0.2) is 4.39 Å². The van der Waals surface area contributed by atoms with Crippen LogP contribution in [-0.2, 0) is 0 Å². The van der Waals surface area contributed by atoms with Crippen LogP contribution in [0, 0.1) is 12.7 Å². The van der Waals surface area contributed by atoms with Crippen LogP contribution in [-0.4, -0.2) is 6.29 Å². The van der Waals surface area contributed by atoms with Crippen LogP contribution in [0.3, 0.4) is 0 Å². The molecule has 92 valence electrons. The summed E-state index contributed by atoms with van der Waals surface area (Å²) in [7, 11) is 0. The summed E-state index contributed by atoms with van der Waals surface area (Å²) in [6, 6.07) is 9.42. The van der Waals surface area contributed by atoms with Crippen molar-refractivity contribution in [1.29, 1.82) is 0 Å². The van der Waals surface area contributed by atoms with E-state index in [4.69, 9.17) is 4.74 Å². The minimum Gasteiger partial charge on any atom is -0.455 e. The highest BCUT2D eigenvalue weighted by atomic mass is 79.9. The average molecular weight is 309 g/mol. The Hall–Kier alpha value is -1.68. The highest BCUT2D eigenvalue weighted by molar-refractivity contribution is 9.10. The Morgan fingerprint density at radius 2 is 1.89 bits per heavy atom. The quantitative estimate of drug-likeness (QED) is 0.780. The van der Waals surface area contributed by atoms with Crippen molar-refractivity contribution in [3.8, 4) is 11.5 Å². The molecule has 0 N–H and O–H groups in total. The molecule has 18 heavy (non-hydrogen) atoms. The van der Waals surface area contributed by atoms with Gasteiger partial charge < -0.3 is 4.74 Å². The Kier molecular flexibility index (Phi) is 3.77. The van der Waals surface area contributed by atoms with Crippen molar-refractivity contribution in [2.45, 2.75) is 6.92 Å². The molecule has 4 heteroatoms. The lowest BCUT2D eigenvalue weighted by atomic mass is 10.1. The second-order valence-electron chi connectivity index (χ2n) is 3.84. The maximum atomic E-state index is 12.9. The van der Waals surface area contributed by atoms with Crippen molar-refractivity contribution in [2.75, 3.05) is 0 Å². The fourth-order valence-electron chi connectivity index (χ4n) is 1.53. The van der Waals surface area contributed by atoms with E-state index in [9.17, 15) is 9.18 Å². The molecular formula is C14H10BrFO2. The molecule has 0 radical (unpaired) electrons. The summed E-state index contributed by atoms with van der Waals surface area (Å²) in [5.41, 5.74) is 1.44. The summed E-state index contributed by atoms with van der Waals surface area (Å²) in [5.74, 6) is 0.556. The number of halogens is 2. The van der Waals surface area contributed by atoms with Crippen molar-refractivity contribution in [2.24, 2.45) is 0 Å². The first-order valence-electron chi connectivity index (χ1n) is 5.29. The highest BCUT2D eigenvalue weighted by Crippen LogP contribution is 2.31. The lowest BCUT2D eigenvalue weighted by molar-refractivity contribution is 0.112. The van der Waals surface area contributed by atoms with Crippen molar-refractivity contribution in [3.05, 3.63) is 57.8 Å². The van der Waals surface area contributed by atoms with Gasteiger partial charge in [-0.1, -0.05) is 11.6 Å². The number of carbonyl (C=O) groups excluding carboxylic acids is 1. The van der Waals surface area contributed by atoms with Crippen LogP contribution >= 0.6 is 15.9 Å². The molecule has 0 aromatic heterocycles. The maximum absolute atomic E-state index is 12.9. The number of ether oxygens (including phenoxy) is 1. The van der Waals surface area contributed by atoms with Crippen LogP contribution in [0.25, 0.3) is 0 Å². The molecule has 0 aliphatic rings. The Balaban J connectivity index is 2.36. The van der Waals surface area contributed by atoms with Gasteiger partial charge in [-0.3, -0.25) is 4.79 Å². The van der Waals surface area contributed by atoms with E-state index in [1.807, 2.05) is 13.0 Å². The number of hydrogen-bond acceptors (Lipinski definition) is 2. The second kappa shape index (κ2) is 5.31. The van der Waals surface area contributed by atoms with Crippen LogP contribution in [0.2, 0.25) is 0 Å². The molecule has 0 heterocycles. The first kappa shape index (κ1) is 12.8. The molecule has 2 aromatic carbocycles. The molecule has 0 spiro atoms. The molecular weight excluding hydrogens is 299 g/mol. The molecule has 0 unspecified atom stereocenters. The van der Waals surface area contributed by atoms with E-state index in [-0.39, 0.29) is 5.82 Å². The van der Waals surface area contributed by atoms with Gasteiger partial charge in [0.05, 0.1) is 10.0 Å². The second-order valence-corrected chi connectivity index (χ2v) is 4.69. The van der Waals surface area contributed by atoms with E-state index in [0.717, 1.165) is 11.8 Å². The van der Waals surface area contributed by atoms with Gasteiger partial charge in [0.15, 0.2) is 6.29 Å². The standard InChI is InChI=1S/C14H10BrFO2/c1-9-2-4-13(10(6-9)8-17)18-14-5-3-11(16)7-12(14)15/h2-8H,1H3. The summed E-state index contributed by atoms with van der Waals surface area (Å²) in [4.78, 5) is 11.0. The summed E-state index contributed by atoms with van der Waals surface area (Å²) in [5, 5.41) is 0. The number of carbonyl (C=O) groups is 1. The van der Waals surface area contributed by atoms with Gasteiger partial charge in [-0.15, -0.1) is 0 Å². The SMILES string of the molecule is Cc1ccc(Oc2ccc(F)cc2Br)c(C=O)c1. The lowest BCUT2D eigenvalue weighted by Crippen LogP contribution is -1.92. The lowest BCUT2D eigenvalue weighted by Gasteiger charge is -2.10. The Morgan fingerprint density at radius 3 is 2.56 bits per heavy atom. The van der Waals surface area contributed by atoms with Gasteiger partial charge >= 0.3 is 0 Å². The Bertz CT molecular complexity index is 596. The van der Waals surface area contributed by atoms with E-state index in [2.05, 4.69) is 15.9 Å². The first-order valence-corrected chi connectivity index (χ1v) is 6.08. The summed E-state index contributed by atoms with van der Waals surface area (Å²) in [6.07, 6.45) is 0.736. The van der Waals surface area contributed by atoms with E-state index in [1.54, 1.807) is 12.1 Å². The van der Waals surface area contributed by atoms with E-state index in [1.165, 1.54) is 18.2 Å². The molecule has 0 atom stereocenters. The van der Waals surface area contributed by atoms with Crippen molar-refractivity contribution >= 4 is 22.2 Å². The van der Waals surface area contributed by atoms with Gasteiger partial charge in [-0.2, -0.15) is 0 Å². The van der Waals surface area contributed by atoms with Crippen molar-refractivity contribution in [1.82, 2.24) is 0 Å². The van der Waals surface area contributed by atoms with Gasteiger partial charge in [0.25, 0.3) is 0 Å². The number of rotatable bonds is 3. The fraction of sp³-hybridized carbons (Fsp3) is 0.0714. The number of aldehydes is 1. The van der Waals surface area contributed by atoms with Gasteiger partial charge in [-0.05, 0) is 53.2 Å². The minimum atomic E-state index is -0.353. The molecule has 0 aliphatic heterocycles. The summed E-state index contributed by atoms with van der Waals surface area (Å²) < 4.78 is 19.0. The topological polar surface area (TPSA) is 26.3 Å². The van der Waals surface area contributed by atoms with E-state index in [0.29, 0.717) is 21.5 Å². The van der Waals surface area contributed by atoms with Crippen molar-refractivity contribution in [3.63, 3.8) is 0 Å². The maximum Gasteiger partial charge on any atom is 0.153 e. The van der Waals surface area contributed by atoms with E-state index >= 15 is 0 Å². The smallest absolute Gasteiger partial charge is 0.153 e. The van der Waals surface area contributed by atoms with Crippen LogP contribution in [0.1, 0.15) is 15.9 Å². The van der Waals surface area contributed by atoms with Gasteiger partial charge in [0, 0.05) is 0 Å². The summed E-state index contributed by atoms with van der Waals surface area (Å²) in [6.45, 7) is 1.89. The molecule has 0 aliphatic carbocycles.